The fourth-order valence-corrected chi connectivity index (χ4v) is 5.00. The first-order valence-electron chi connectivity index (χ1n) is 10.3. The second-order valence-corrected chi connectivity index (χ2v) is 8.30. The first-order valence-corrected chi connectivity index (χ1v) is 10.3. The van der Waals surface area contributed by atoms with E-state index in [2.05, 4.69) is 0 Å². The van der Waals surface area contributed by atoms with Gasteiger partial charge in [-0.05, 0) is 55.5 Å². The summed E-state index contributed by atoms with van der Waals surface area (Å²) in [6.07, 6.45) is 5.80. The molecular formula is C24H24O5. The molecule has 2 aromatic carbocycles. The van der Waals surface area contributed by atoms with Crippen molar-refractivity contribution in [2.24, 2.45) is 0 Å². The molecule has 2 aliphatic heterocycles. The molecule has 0 N–H and O–H groups in total. The minimum atomic E-state index is -0.413. The topological polar surface area (TPSA) is 61.8 Å². The van der Waals surface area contributed by atoms with Gasteiger partial charge in [0.2, 0.25) is 0 Å². The molecule has 2 heterocycles. The predicted molar refractivity (Wildman–Crippen MR) is 107 cm³/mol. The maximum Gasteiger partial charge on any atom is 0.312 e. The van der Waals surface area contributed by atoms with Gasteiger partial charge in [-0.25, -0.2) is 0 Å². The number of ketones is 1. The van der Waals surface area contributed by atoms with Crippen molar-refractivity contribution in [3.63, 3.8) is 0 Å². The van der Waals surface area contributed by atoms with E-state index >= 15 is 0 Å². The van der Waals surface area contributed by atoms with Crippen LogP contribution in [-0.2, 0) is 4.79 Å². The summed E-state index contributed by atoms with van der Waals surface area (Å²) in [5.41, 5.74) is 2.00. The molecule has 1 spiro atoms. The van der Waals surface area contributed by atoms with Crippen molar-refractivity contribution in [2.45, 2.75) is 56.5 Å². The predicted octanol–water partition coefficient (Wildman–Crippen LogP) is 4.80. The van der Waals surface area contributed by atoms with Crippen molar-refractivity contribution in [1.82, 2.24) is 0 Å². The summed E-state index contributed by atoms with van der Waals surface area (Å²) in [4.78, 5) is 25.3. The lowest BCUT2D eigenvalue weighted by Crippen LogP contribution is -2.44. The van der Waals surface area contributed by atoms with Crippen LogP contribution in [0, 0.1) is 0 Å². The van der Waals surface area contributed by atoms with Gasteiger partial charge in [-0.1, -0.05) is 18.6 Å². The highest BCUT2D eigenvalue weighted by atomic mass is 16.5. The monoisotopic (exact) mass is 392 g/mol. The van der Waals surface area contributed by atoms with Gasteiger partial charge < -0.3 is 14.2 Å². The van der Waals surface area contributed by atoms with Crippen LogP contribution in [0.1, 0.15) is 72.3 Å². The van der Waals surface area contributed by atoms with Crippen LogP contribution in [0.2, 0.25) is 0 Å². The number of carbonyl (C=O) groups excluding carboxylic acids is 2. The summed E-state index contributed by atoms with van der Waals surface area (Å²) in [5.74, 6) is 1.53. The minimum absolute atomic E-state index is 0.126. The van der Waals surface area contributed by atoms with Gasteiger partial charge in [-0.15, -0.1) is 0 Å². The highest BCUT2D eigenvalue weighted by Gasteiger charge is 2.44. The van der Waals surface area contributed by atoms with E-state index in [0.29, 0.717) is 23.5 Å². The third-order valence-corrected chi connectivity index (χ3v) is 6.48. The molecule has 5 nitrogen and oxygen atoms in total. The Hall–Kier alpha value is -2.82. The van der Waals surface area contributed by atoms with Gasteiger partial charge in [0.25, 0.3) is 0 Å². The zero-order chi connectivity index (χ0) is 20.0. The van der Waals surface area contributed by atoms with Gasteiger partial charge in [0, 0.05) is 11.5 Å². The van der Waals surface area contributed by atoms with Gasteiger partial charge in [-0.2, -0.15) is 0 Å². The van der Waals surface area contributed by atoms with Crippen LogP contribution in [0.4, 0.5) is 0 Å². The summed E-state index contributed by atoms with van der Waals surface area (Å²) in [5, 5.41) is 0. The molecule has 2 aromatic rings. The lowest BCUT2D eigenvalue weighted by molar-refractivity contribution is -0.135. The number of rotatable bonds is 2. The van der Waals surface area contributed by atoms with Gasteiger partial charge in [0.1, 0.15) is 22.8 Å². The summed E-state index contributed by atoms with van der Waals surface area (Å²) < 4.78 is 17.4. The fourth-order valence-electron chi connectivity index (χ4n) is 5.00. The first-order chi connectivity index (χ1) is 14.1. The van der Waals surface area contributed by atoms with Crippen LogP contribution >= 0.6 is 0 Å². The van der Waals surface area contributed by atoms with Gasteiger partial charge >= 0.3 is 5.97 Å². The summed E-state index contributed by atoms with van der Waals surface area (Å²) >= 11 is 0. The van der Waals surface area contributed by atoms with E-state index < -0.39 is 5.60 Å². The number of benzene rings is 2. The Morgan fingerprint density at radius 1 is 1.00 bits per heavy atom. The van der Waals surface area contributed by atoms with E-state index in [1.165, 1.54) is 6.42 Å². The Kier molecular flexibility index (Phi) is 4.34. The van der Waals surface area contributed by atoms with Crippen LogP contribution in [0.15, 0.2) is 36.4 Å². The van der Waals surface area contributed by atoms with E-state index in [1.807, 2.05) is 24.3 Å². The molecule has 0 amide bonds. The molecule has 29 heavy (non-hydrogen) atoms. The molecule has 1 unspecified atom stereocenters. The molecule has 0 aromatic heterocycles. The lowest BCUT2D eigenvalue weighted by atomic mass is 9.76. The average Bonchev–Trinajstić information content (AvgIpc) is 2.73. The number of ether oxygens (including phenoxy) is 3. The Bertz CT molecular complexity index is 970. The van der Waals surface area contributed by atoms with E-state index in [-0.39, 0.29) is 24.1 Å². The molecule has 1 aliphatic carbocycles. The third-order valence-electron chi connectivity index (χ3n) is 6.48. The molecule has 0 saturated heterocycles. The van der Waals surface area contributed by atoms with Crippen LogP contribution in [0.3, 0.4) is 0 Å². The highest BCUT2D eigenvalue weighted by Crippen LogP contribution is 2.51. The number of hydrogen-bond acceptors (Lipinski definition) is 5. The van der Waals surface area contributed by atoms with E-state index in [1.54, 1.807) is 19.2 Å². The lowest BCUT2D eigenvalue weighted by Gasteiger charge is -2.42. The molecule has 5 heteroatoms. The Morgan fingerprint density at radius 3 is 2.48 bits per heavy atom. The quantitative estimate of drug-likeness (QED) is 0.542. The van der Waals surface area contributed by atoms with Crippen LogP contribution in [0.25, 0.3) is 0 Å². The molecule has 1 saturated carbocycles. The fraction of sp³-hybridized carbons (Fsp3) is 0.417. The second-order valence-electron chi connectivity index (χ2n) is 8.30. The zero-order valence-electron chi connectivity index (χ0n) is 16.5. The van der Waals surface area contributed by atoms with Crippen molar-refractivity contribution in [3.8, 4) is 17.2 Å². The van der Waals surface area contributed by atoms with E-state index in [0.717, 1.165) is 42.6 Å². The van der Waals surface area contributed by atoms with Crippen LogP contribution in [0.5, 0.6) is 17.2 Å². The van der Waals surface area contributed by atoms with Crippen LogP contribution in [-0.4, -0.2) is 24.5 Å². The molecule has 150 valence electrons. The summed E-state index contributed by atoms with van der Waals surface area (Å²) in [7, 11) is 1.63. The van der Waals surface area contributed by atoms with Gasteiger partial charge in [0.05, 0.1) is 25.5 Å². The number of methoxy groups -OCH3 is 1. The molecule has 0 bridgehead atoms. The molecule has 0 radical (unpaired) electrons. The van der Waals surface area contributed by atoms with Crippen molar-refractivity contribution in [1.29, 1.82) is 0 Å². The SMILES string of the molecule is COc1ccc(C2CC(=O)Oc3ccc4c(c32)OC2(CCCCC2)CC4=O)cc1. The third kappa shape index (κ3) is 3.09. The van der Waals surface area contributed by atoms with Crippen molar-refractivity contribution in [2.75, 3.05) is 7.11 Å². The van der Waals surface area contributed by atoms with Crippen molar-refractivity contribution < 1.29 is 23.8 Å². The van der Waals surface area contributed by atoms with Gasteiger partial charge in [-0.3, -0.25) is 9.59 Å². The Labute approximate surface area is 170 Å². The summed E-state index contributed by atoms with van der Waals surface area (Å²) in [6, 6.07) is 11.2. The molecule has 5 rings (SSSR count). The van der Waals surface area contributed by atoms with Crippen LogP contribution < -0.4 is 14.2 Å². The number of esters is 1. The molecule has 1 fully saturated rings. The van der Waals surface area contributed by atoms with Gasteiger partial charge in [0.15, 0.2) is 5.78 Å². The van der Waals surface area contributed by atoms with Crippen molar-refractivity contribution >= 4 is 11.8 Å². The largest absolute Gasteiger partial charge is 0.497 e. The standard InChI is InChI=1S/C24H24O5/c1-27-16-7-5-15(6-8-16)18-13-21(26)28-20-10-9-17-19(25)14-24(11-3-2-4-12-24)29-23(17)22(18)20/h5-10,18H,2-4,11-14H2,1H3. The zero-order valence-corrected chi connectivity index (χ0v) is 16.5. The normalized spacial score (nSPS) is 22.3. The highest BCUT2D eigenvalue weighted by molar-refractivity contribution is 6.01. The summed E-state index contributed by atoms with van der Waals surface area (Å²) in [6.45, 7) is 0. The van der Waals surface area contributed by atoms with E-state index in [4.69, 9.17) is 14.2 Å². The smallest absolute Gasteiger partial charge is 0.312 e. The Balaban J connectivity index is 1.63. The maximum atomic E-state index is 13.0. The maximum absolute atomic E-state index is 13.0. The number of fused-ring (bicyclic) bond motifs is 3. The molecule has 3 aliphatic rings. The Morgan fingerprint density at radius 2 is 1.76 bits per heavy atom. The molecule has 1 atom stereocenters. The second kappa shape index (κ2) is 6.90. The van der Waals surface area contributed by atoms with Crippen molar-refractivity contribution in [3.05, 3.63) is 53.1 Å². The number of carbonyl (C=O) groups is 2. The minimum Gasteiger partial charge on any atom is -0.497 e. The first kappa shape index (κ1) is 18.2. The van der Waals surface area contributed by atoms with E-state index in [9.17, 15) is 9.59 Å². The number of Topliss-reactive ketones (excluding diaryl/α,β-unsaturated/α-hetero) is 1. The number of hydrogen-bond donors (Lipinski definition) is 0. The average molecular weight is 392 g/mol. The molecular weight excluding hydrogens is 368 g/mol.